The summed E-state index contributed by atoms with van der Waals surface area (Å²) in [7, 11) is 1.70. The van der Waals surface area contributed by atoms with Crippen molar-refractivity contribution in [2.45, 2.75) is 26.0 Å². The van der Waals surface area contributed by atoms with Crippen LogP contribution in [0.2, 0.25) is 0 Å². The largest absolute Gasteiger partial charge is 0.451 e. The van der Waals surface area contributed by atoms with E-state index in [0.29, 0.717) is 19.0 Å². The highest BCUT2D eigenvalue weighted by Crippen LogP contribution is 2.19. The van der Waals surface area contributed by atoms with Gasteiger partial charge in [-0.2, -0.15) is 0 Å². The molecular weight excluding hydrogens is 332 g/mol. The standard InChI is InChI=1S/C19H22N4O3/c1-14(26-17(24)13-22(2)19-20-9-5-10-21-19)18(25)23-11-8-15-6-3-4-7-16(15)12-23/h3-7,9-10,14H,8,11-13H2,1-2H3/t14-/m1/s1. The van der Waals surface area contributed by atoms with E-state index < -0.39 is 12.1 Å². The normalized spacial score (nSPS) is 14.3. The number of fused-ring (bicyclic) bond motifs is 1. The van der Waals surface area contributed by atoms with E-state index in [4.69, 9.17) is 4.74 Å². The van der Waals surface area contributed by atoms with E-state index in [1.165, 1.54) is 5.56 Å². The van der Waals surface area contributed by atoms with Crippen LogP contribution in [0.15, 0.2) is 42.7 Å². The van der Waals surface area contributed by atoms with Crippen molar-refractivity contribution in [3.63, 3.8) is 0 Å². The molecule has 1 aliphatic rings. The van der Waals surface area contributed by atoms with E-state index in [-0.39, 0.29) is 12.5 Å². The van der Waals surface area contributed by atoms with Gasteiger partial charge in [-0.15, -0.1) is 0 Å². The van der Waals surface area contributed by atoms with Gasteiger partial charge < -0.3 is 14.5 Å². The molecule has 1 amide bonds. The molecule has 2 heterocycles. The molecule has 1 aromatic heterocycles. The second-order valence-electron chi connectivity index (χ2n) is 6.32. The highest BCUT2D eigenvalue weighted by Gasteiger charge is 2.27. The number of amides is 1. The van der Waals surface area contributed by atoms with Gasteiger partial charge in [0.2, 0.25) is 5.95 Å². The van der Waals surface area contributed by atoms with Crippen molar-refractivity contribution in [1.82, 2.24) is 14.9 Å². The van der Waals surface area contributed by atoms with E-state index in [1.807, 2.05) is 18.2 Å². The lowest BCUT2D eigenvalue weighted by Gasteiger charge is -2.30. The molecule has 0 unspecified atom stereocenters. The predicted molar refractivity (Wildman–Crippen MR) is 96.4 cm³/mol. The molecule has 0 bridgehead atoms. The molecule has 1 atom stereocenters. The second-order valence-corrected chi connectivity index (χ2v) is 6.32. The van der Waals surface area contributed by atoms with E-state index in [9.17, 15) is 9.59 Å². The van der Waals surface area contributed by atoms with Gasteiger partial charge in [0.15, 0.2) is 6.10 Å². The molecule has 7 nitrogen and oxygen atoms in total. The van der Waals surface area contributed by atoms with Crippen molar-refractivity contribution in [1.29, 1.82) is 0 Å². The van der Waals surface area contributed by atoms with Crippen LogP contribution in [0.5, 0.6) is 0 Å². The molecule has 1 aromatic carbocycles. The van der Waals surface area contributed by atoms with Gasteiger partial charge in [-0.3, -0.25) is 9.59 Å². The third kappa shape index (κ3) is 4.17. The topological polar surface area (TPSA) is 75.6 Å². The number of benzene rings is 1. The van der Waals surface area contributed by atoms with Gasteiger partial charge in [0.1, 0.15) is 6.54 Å². The summed E-state index contributed by atoms with van der Waals surface area (Å²) < 4.78 is 5.32. The first-order valence-corrected chi connectivity index (χ1v) is 8.58. The van der Waals surface area contributed by atoms with Crippen LogP contribution in [0.3, 0.4) is 0 Å². The van der Waals surface area contributed by atoms with Crippen LogP contribution in [0.1, 0.15) is 18.1 Å². The molecule has 1 aliphatic heterocycles. The van der Waals surface area contributed by atoms with Crippen LogP contribution in [-0.4, -0.2) is 53.0 Å². The maximum atomic E-state index is 12.6. The summed E-state index contributed by atoms with van der Waals surface area (Å²) in [4.78, 5) is 36.2. The van der Waals surface area contributed by atoms with Gasteiger partial charge in [0.05, 0.1) is 0 Å². The fourth-order valence-electron chi connectivity index (χ4n) is 2.98. The first-order valence-electron chi connectivity index (χ1n) is 8.58. The summed E-state index contributed by atoms with van der Waals surface area (Å²) in [6.07, 6.45) is 3.20. The Labute approximate surface area is 152 Å². The number of aromatic nitrogens is 2. The minimum atomic E-state index is -0.821. The summed E-state index contributed by atoms with van der Waals surface area (Å²) in [5.74, 6) is -0.235. The first kappa shape index (κ1) is 17.8. The third-order valence-electron chi connectivity index (χ3n) is 4.36. The smallest absolute Gasteiger partial charge is 0.326 e. The summed E-state index contributed by atoms with van der Waals surface area (Å²) >= 11 is 0. The van der Waals surface area contributed by atoms with Crippen molar-refractivity contribution in [2.24, 2.45) is 0 Å². The van der Waals surface area contributed by atoms with Crippen molar-refractivity contribution in [3.8, 4) is 0 Å². The fourth-order valence-corrected chi connectivity index (χ4v) is 2.98. The highest BCUT2D eigenvalue weighted by molar-refractivity contribution is 5.84. The maximum Gasteiger partial charge on any atom is 0.326 e. The first-order chi connectivity index (χ1) is 12.5. The molecule has 7 heteroatoms. The van der Waals surface area contributed by atoms with Gasteiger partial charge in [-0.1, -0.05) is 24.3 Å². The Morgan fingerprint density at radius 1 is 1.19 bits per heavy atom. The molecule has 0 saturated carbocycles. The van der Waals surface area contributed by atoms with Gasteiger partial charge in [-0.25, -0.2) is 9.97 Å². The Hall–Kier alpha value is -2.96. The molecule has 136 valence electrons. The average Bonchev–Trinajstić information content (AvgIpc) is 2.67. The SMILES string of the molecule is C[C@@H](OC(=O)CN(C)c1ncccn1)C(=O)N1CCc2ccccc2C1. The summed E-state index contributed by atoms with van der Waals surface area (Å²) in [6.45, 7) is 2.77. The molecule has 3 rings (SSSR count). The molecular formula is C19H22N4O3. The number of likely N-dealkylation sites (N-methyl/N-ethyl adjacent to an activating group) is 1. The number of hydrogen-bond donors (Lipinski definition) is 0. The van der Waals surface area contributed by atoms with Gasteiger partial charge in [0, 0.05) is 32.5 Å². The molecule has 2 aromatic rings. The second kappa shape index (κ2) is 7.95. The van der Waals surface area contributed by atoms with Gasteiger partial charge in [-0.05, 0) is 30.5 Å². The van der Waals surface area contributed by atoms with E-state index in [0.717, 1.165) is 12.0 Å². The van der Waals surface area contributed by atoms with Crippen LogP contribution < -0.4 is 4.90 Å². The summed E-state index contributed by atoms with van der Waals surface area (Å²) in [5.41, 5.74) is 2.41. The molecule has 0 radical (unpaired) electrons. The van der Waals surface area contributed by atoms with Crippen molar-refractivity contribution >= 4 is 17.8 Å². The Morgan fingerprint density at radius 3 is 2.62 bits per heavy atom. The zero-order chi connectivity index (χ0) is 18.5. The number of ether oxygens (including phenoxy) is 1. The molecule has 0 fully saturated rings. The minimum absolute atomic E-state index is 0.0233. The van der Waals surface area contributed by atoms with E-state index in [2.05, 4.69) is 16.0 Å². The number of carbonyl (C=O) groups excluding carboxylic acids is 2. The lowest BCUT2D eigenvalue weighted by Crippen LogP contribution is -2.43. The summed E-state index contributed by atoms with van der Waals surface area (Å²) in [5, 5.41) is 0. The molecule has 0 aliphatic carbocycles. The fraction of sp³-hybridized carbons (Fsp3) is 0.368. The lowest BCUT2D eigenvalue weighted by atomic mass is 9.99. The van der Waals surface area contributed by atoms with E-state index >= 15 is 0 Å². The van der Waals surface area contributed by atoms with Crippen molar-refractivity contribution in [2.75, 3.05) is 25.0 Å². The van der Waals surface area contributed by atoms with Crippen LogP contribution in [0, 0.1) is 0 Å². The molecule has 26 heavy (non-hydrogen) atoms. The molecule has 0 spiro atoms. The number of anilines is 1. The Morgan fingerprint density at radius 2 is 1.88 bits per heavy atom. The monoisotopic (exact) mass is 354 g/mol. The highest BCUT2D eigenvalue weighted by atomic mass is 16.5. The van der Waals surface area contributed by atoms with Crippen LogP contribution >= 0.6 is 0 Å². The quantitative estimate of drug-likeness (QED) is 0.756. The number of esters is 1. The van der Waals surface area contributed by atoms with E-state index in [1.54, 1.807) is 42.2 Å². The Bertz CT molecular complexity index is 781. The van der Waals surface area contributed by atoms with Crippen LogP contribution in [0.4, 0.5) is 5.95 Å². The number of rotatable bonds is 5. The number of nitrogens with zero attached hydrogens (tertiary/aromatic N) is 4. The Kier molecular flexibility index (Phi) is 5.46. The van der Waals surface area contributed by atoms with Gasteiger partial charge >= 0.3 is 5.97 Å². The summed E-state index contributed by atoms with van der Waals surface area (Å²) in [6, 6.07) is 9.79. The molecule has 0 N–H and O–H groups in total. The lowest BCUT2D eigenvalue weighted by molar-refractivity contribution is -0.158. The third-order valence-corrected chi connectivity index (χ3v) is 4.36. The van der Waals surface area contributed by atoms with Crippen LogP contribution in [0.25, 0.3) is 0 Å². The molecule has 0 saturated heterocycles. The average molecular weight is 354 g/mol. The minimum Gasteiger partial charge on any atom is -0.451 e. The van der Waals surface area contributed by atoms with Crippen molar-refractivity contribution < 1.29 is 14.3 Å². The zero-order valence-electron chi connectivity index (χ0n) is 15.0. The zero-order valence-corrected chi connectivity index (χ0v) is 15.0. The number of hydrogen-bond acceptors (Lipinski definition) is 6. The van der Waals surface area contributed by atoms with Gasteiger partial charge in [0.25, 0.3) is 5.91 Å². The number of carbonyl (C=O) groups is 2. The Balaban J connectivity index is 1.53. The maximum absolute atomic E-state index is 12.6. The van der Waals surface area contributed by atoms with Crippen LogP contribution in [-0.2, 0) is 27.3 Å². The predicted octanol–water partition coefficient (Wildman–Crippen LogP) is 1.43. The van der Waals surface area contributed by atoms with Crippen molar-refractivity contribution in [3.05, 3.63) is 53.9 Å².